The van der Waals surface area contributed by atoms with Crippen LogP contribution in [0.5, 0.6) is 17.2 Å². The number of ether oxygens (including phenoxy) is 3. The normalized spacial score (nSPS) is 19.8. The Balaban J connectivity index is 1.57. The first-order valence-electron chi connectivity index (χ1n) is 9.38. The van der Waals surface area contributed by atoms with Crippen LogP contribution in [-0.4, -0.2) is 49.5 Å². The maximum absolute atomic E-state index is 13.2. The molecule has 4 rings (SSSR count). The Bertz CT molecular complexity index is 1060. The lowest BCUT2D eigenvalue weighted by molar-refractivity contribution is -0.132. The smallest absolute Gasteiger partial charge is 0.387 e. The SMILES string of the molecule is COc1cc(C(=O)CN2C(=O)N[C@]3(CCOc4ccccc43)C2=O)ccc1OC(F)F. The van der Waals surface area contributed by atoms with Crippen LogP contribution in [0.1, 0.15) is 22.3 Å². The van der Waals surface area contributed by atoms with Gasteiger partial charge in [-0.05, 0) is 24.3 Å². The van der Waals surface area contributed by atoms with Crippen LogP contribution >= 0.6 is 0 Å². The van der Waals surface area contributed by atoms with Crippen LogP contribution in [0, 0.1) is 0 Å². The van der Waals surface area contributed by atoms with Crippen molar-refractivity contribution in [3.8, 4) is 17.2 Å². The molecule has 10 heteroatoms. The molecule has 162 valence electrons. The molecule has 1 atom stereocenters. The molecule has 31 heavy (non-hydrogen) atoms. The third-order valence-electron chi connectivity index (χ3n) is 5.26. The molecule has 0 aliphatic carbocycles. The van der Waals surface area contributed by atoms with E-state index in [1.807, 2.05) is 0 Å². The fraction of sp³-hybridized carbons (Fsp3) is 0.286. The lowest BCUT2D eigenvalue weighted by Gasteiger charge is -2.33. The highest BCUT2D eigenvalue weighted by Gasteiger charge is 2.55. The van der Waals surface area contributed by atoms with Crippen molar-refractivity contribution in [2.45, 2.75) is 18.6 Å². The van der Waals surface area contributed by atoms with Gasteiger partial charge in [0.1, 0.15) is 5.75 Å². The first-order valence-corrected chi connectivity index (χ1v) is 9.38. The molecule has 2 heterocycles. The van der Waals surface area contributed by atoms with E-state index in [-0.39, 0.29) is 30.1 Å². The molecule has 0 unspecified atom stereocenters. The van der Waals surface area contributed by atoms with Crippen molar-refractivity contribution in [1.29, 1.82) is 0 Å². The number of carbonyl (C=O) groups is 3. The Labute approximate surface area is 175 Å². The molecule has 2 aromatic carbocycles. The second-order valence-electron chi connectivity index (χ2n) is 6.99. The summed E-state index contributed by atoms with van der Waals surface area (Å²) in [5.41, 5.74) is -0.684. The number of carbonyl (C=O) groups excluding carboxylic acids is 3. The summed E-state index contributed by atoms with van der Waals surface area (Å²) >= 11 is 0. The Morgan fingerprint density at radius 1 is 1.23 bits per heavy atom. The zero-order valence-electron chi connectivity index (χ0n) is 16.4. The highest BCUT2D eigenvalue weighted by atomic mass is 19.3. The zero-order chi connectivity index (χ0) is 22.2. The van der Waals surface area contributed by atoms with Gasteiger partial charge in [0.2, 0.25) is 0 Å². The number of alkyl halides is 2. The number of imide groups is 1. The summed E-state index contributed by atoms with van der Waals surface area (Å²) in [6.07, 6.45) is 0.229. The lowest BCUT2D eigenvalue weighted by Crippen LogP contribution is -2.47. The maximum Gasteiger partial charge on any atom is 0.387 e. The van der Waals surface area contributed by atoms with E-state index in [0.29, 0.717) is 11.3 Å². The Kier molecular flexibility index (Phi) is 5.22. The van der Waals surface area contributed by atoms with E-state index in [1.54, 1.807) is 24.3 Å². The number of halogens is 2. The van der Waals surface area contributed by atoms with Crippen LogP contribution in [0.2, 0.25) is 0 Å². The number of Topliss-reactive ketones (excluding diaryl/α,β-unsaturated/α-hetero) is 1. The van der Waals surface area contributed by atoms with Crippen LogP contribution in [0.15, 0.2) is 42.5 Å². The van der Waals surface area contributed by atoms with Gasteiger partial charge < -0.3 is 19.5 Å². The average molecular weight is 432 g/mol. The van der Waals surface area contributed by atoms with Crippen LogP contribution < -0.4 is 19.5 Å². The molecular formula is C21H18F2N2O6. The number of benzene rings is 2. The molecule has 3 amide bonds. The van der Waals surface area contributed by atoms with Crippen molar-refractivity contribution in [2.75, 3.05) is 20.3 Å². The fourth-order valence-electron chi connectivity index (χ4n) is 3.78. The van der Waals surface area contributed by atoms with Gasteiger partial charge in [-0.3, -0.25) is 14.5 Å². The van der Waals surface area contributed by atoms with Gasteiger partial charge in [0.25, 0.3) is 5.91 Å². The summed E-state index contributed by atoms with van der Waals surface area (Å²) in [5, 5.41) is 2.71. The van der Waals surface area contributed by atoms with Gasteiger partial charge in [0.05, 0.1) is 20.3 Å². The van der Waals surface area contributed by atoms with Gasteiger partial charge in [0.15, 0.2) is 22.8 Å². The molecule has 0 saturated carbocycles. The van der Waals surface area contributed by atoms with Gasteiger partial charge in [-0.2, -0.15) is 8.78 Å². The third kappa shape index (κ3) is 3.54. The molecule has 1 N–H and O–H groups in total. The first-order chi connectivity index (χ1) is 14.9. The number of ketones is 1. The number of rotatable bonds is 6. The number of fused-ring (bicyclic) bond motifs is 2. The highest BCUT2D eigenvalue weighted by molar-refractivity contribution is 6.11. The second-order valence-corrected chi connectivity index (χ2v) is 6.99. The molecule has 1 spiro atoms. The predicted molar refractivity (Wildman–Crippen MR) is 102 cm³/mol. The van der Waals surface area contributed by atoms with Crippen LogP contribution in [0.3, 0.4) is 0 Å². The van der Waals surface area contributed by atoms with Crippen molar-refractivity contribution in [3.63, 3.8) is 0 Å². The number of nitrogens with one attached hydrogen (secondary N) is 1. The first kappa shape index (κ1) is 20.6. The summed E-state index contributed by atoms with van der Waals surface area (Å²) in [5.74, 6) is -0.927. The number of para-hydroxylation sites is 1. The van der Waals surface area contributed by atoms with Gasteiger partial charge >= 0.3 is 12.6 Å². The zero-order valence-corrected chi connectivity index (χ0v) is 16.4. The summed E-state index contributed by atoms with van der Waals surface area (Å²) < 4.78 is 39.9. The Morgan fingerprint density at radius 3 is 2.74 bits per heavy atom. The highest BCUT2D eigenvalue weighted by Crippen LogP contribution is 2.41. The molecule has 2 aromatic rings. The number of amides is 3. The van der Waals surface area contributed by atoms with E-state index in [1.165, 1.54) is 25.3 Å². The van der Waals surface area contributed by atoms with Gasteiger partial charge in [-0.15, -0.1) is 0 Å². The quantitative estimate of drug-likeness (QED) is 0.557. The van der Waals surface area contributed by atoms with Crippen molar-refractivity contribution < 1.29 is 37.4 Å². The molecule has 1 saturated heterocycles. The van der Waals surface area contributed by atoms with E-state index >= 15 is 0 Å². The van der Waals surface area contributed by atoms with Crippen molar-refractivity contribution >= 4 is 17.7 Å². The number of hydrogen-bond acceptors (Lipinski definition) is 6. The van der Waals surface area contributed by atoms with E-state index in [2.05, 4.69) is 10.1 Å². The number of methoxy groups -OCH3 is 1. The van der Waals surface area contributed by atoms with Gasteiger partial charge in [-0.1, -0.05) is 18.2 Å². The standard InChI is InChI=1S/C21H18F2N2O6/c1-29-17-10-12(6-7-16(17)31-19(22)23)14(26)11-25-18(27)21(24-20(25)28)8-9-30-15-5-3-2-4-13(15)21/h2-7,10,19H,8-9,11H2,1H3,(H,24,28)/t21-/m0/s1. The number of nitrogens with zero attached hydrogens (tertiary/aromatic N) is 1. The van der Waals surface area contributed by atoms with Gasteiger partial charge in [0, 0.05) is 17.5 Å². The fourth-order valence-corrected chi connectivity index (χ4v) is 3.78. The van der Waals surface area contributed by atoms with Gasteiger partial charge in [-0.25, -0.2) is 4.79 Å². The largest absolute Gasteiger partial charge is 0.493 e. The minimum absolute atomic E-state index is 0.0711. The molecule has 1 fully saturated rings. The molecular weight excluding hydrogens is 414 g/mol. The summed E-state index contributed by atoms with van der Waals surface area (Å²) in [4.78, 5) is 39.4. The average Bonchev–Trinajstić information content (AvgIpc) is 2.98. The van der Waals surface area contributed by atoms with Crippen LogP contribution in [0.4, 0.5) is 13.6 Å². The minimum Gasteiger partial charge on any atom is -0.493 e. The Morgan fingerprint density at radius 2 is 2.00 bits per heavy atom. The van der Waals surface area contributed by atoms with Crippen molar-refractivity contribution in [3.05, 3.63) is 53.6 Å². The van der Waals surface area contributed by atoms with E-state index in [0.717, 1.165) is 4.90 Å². The van der Waals surface area contributed by atoms with E-state index < -0.39 is 36.4 Å². The second kappa shape index (κ2) is 7.86. The summed E-state index contributed by atoms with van der Waals surface area (Å²) in [6, 6.07) is 9.86. The van der Waals surface area contributed by atoms with E-state index in [9.17, 15) is 23.2 Å². The van der Waals surface area contributed by atoms with Crippen LogP contribution in [-0.2, 0) is 10.3 Å². The molecule has 8 nitrogen and oxygen atoms in total. The van der Waals surface area contributed by atoms with Crippen molar-refractivity contribution in [1.82, 2.24) is 10.2 Å². The topological polar surface area (TPSA) is 94.2 Å². The number of hydrogen-bond donors (Lipinski definition) is 1. The number of urea groups is 1. The van der Waals surface area contributed by atoms with E-state index in [4.69, 9.17) is 9.47 Å². The summed E-state index contributed by atoms with van der Waals surface area (Å²) in [7, 11) is 1.24. The molecule has 0 radical (unpaired) electrons. The molecule has 0 aromatic heterocycles. The predicted octanol–water partition coefficient (Wildman–Crippen LogP) is 2.71. The monoisotopic (exact) mass is 432 g/mol. The third-order valence-corrected chi connectivity index (χ3v) is 5.26. The molecule has 0 bridgehead atoms. The molecule has 2 aliphatic rings. The lowest BCUT2D eigenvalue weighted by atomic mass is 9.84. The Hall–Kier alpha value is -3.69. The van der Waals surface area contributed by atoms with Crippen LogP contribution in [0.25, 0.3) is 0 Å². The molecule has 2 aliphatic heterocycles. The van der Waals surface area contributed by atoms with Crippen molar-refractivity contribution in [2.24, 2.45) is 0 Å². The minimum atomic E-state index is -3.06. The summed E-state index contributed by atoms with van der Waals surface area (Å²) in [6.45, 7) is -3.35. The maximum atomic E-state index is 13.2.